The first-order valence-corrected chi connectivity index (χ1v) is 15.0. The fraction of sp³-hybridized carbons (Fsp3) is 0.353. The Bertz CT molecular complexity index is 1890. The van der Waals surface area contributed by atoms with Gasteiger partial charge in [0.1, 0.15) is 34.8 Å². The molecule has 3 aliphatic rings. The summed E-state index contributed by atoms with van der Waals surface area (Å²) in [5, 5.41) is 18.6. The van der Waals surface area contributed by atoms with Crippen LogP contribution in [0.4, 0.5) is 13.2 Å². The predicted octanol–water partition coefficient (Wildman–Crippen LogP) is 6.71. The summed E-state index contributed by atoms with van der Waals surface area (Å²) in [5.74, 6) is -1.03. The SMILES string of the molecule is N#Cc1ccc([C@H]2C=C(F)c3cccc(C4CCN(Cc5nc6ccc(C(=O)O)nc6n5CC5(CF)CC5)CC4)c3O2)c(F)c1. The van der Waals surface area contributed by atoms with Crippen LogP contribution in [0.1, 0.15) is 76.3 Å². The van der Waals surface area contributed by atoms with Crippen molar-refractivity contribution in [3.05, 3.63) is 94.2 Å². The van der Waals surface area contributed by atoms with Gasteiger partial charge in [-0.3, -0.25) is 9.29 Å². The fourth-order valence-corrected chi connectivity index (χ4v) is 6.46. The van der Waals surface area contributed by atoms with Crippen LogP contribution in [0.3, 0.4) is 0 Å². The van der Waals surface area contributed by atoms with Crippen molar-refractivity contribution in [1.29, 1.82) is 5.26 Å². The van der Waals surface area contributed by atoms with Crippen molar-refractivity contribution in [3.8, 4) is 11.8 Å². The Labute approximate surface area is 257 Å². The van der Waals surface area contributed by atoms with E-state index in [0.29, 0.717) is 48.7 Å². The molecule has 230 valence electrons. The first-order chi connectivity index (χ1) is 21.8. The van der Waals surface area contributed by atoms with Crippen LogP contribution in [0.25, 0.3) is 17.0 Å². The number of carbonyl (C=O) groups is 1. The molecule has 1 atom stereocenters. The molecule has 4 heterocycles. The summed E-state index contributed by atoms with van der Waals surface area (Å²) in [6.07, 6.45) is 3.35. The Morgan fingerprint density at radius 2 is 1.89 bits per heavy atom. The van der Waals surface area contributed by atoms with Gasteiger partial charge < -0.3 is 14.4 Å². The number of alkyl halides is 1. The van der Waals surface area contributed by atoms with Crippen molar-refractivity contribution in [2.24, 2.45) is 5.41 Å². The molecule has 0 bridgehead atoms. The van der Waals surface area contributed by atoms with E-state index in [2.05, 4.69) is 9.88 Å². The van der Waals surface area contributed by atoms with Crippen LogP contribution < -0.4 is 4.74 Å². The first kappa shape index (κ1) is 29.0. The standard InChI is InChI=1S/C34H30F3N5O3/c35-18-34(10-11-34)19-42-30(39-27-6-7-28(33(43)44)40-32(27)42)17-41-12-8-21(9-13-41)22-2-1-3-24-26(37)15-29(45-31(22)24)23-5-4-20(16-38)14-25(23)36/h1-7,14-15,21,29H,8-13,17-19H2,(H,43,44)/t29-/m1/s1. The van der Waals surface area contributed by atoms with Crippen LogP contribution in [-0.2, 0) is 13.1 Å². The highest BCUT2D eigenvalue weighted by Crippen LogP contribution is 2.48. The molecule has 1 aliphatic carbocycles. The van der Waals surface area contributed by atoms with Crippen molar-refractivity contribution in [2.45, 2.75) is 50.8 Å². The number of hydrogen-bond acceptors (Lipinski definition) is 6. The van der Waals surface area contributed by atoms with Crippen LogP contribution in [0.5, 0.6) is 5.75 Å². The minimum atomic E-state index is -1.13. The number of imidazole rings is 1. The van der Waals surface area contributed by atoms with Gasteiger partial charge in [0.25, 0.3) is 0 Å². The molecule has 1 N–H and O–H groups in total. The molecule has 1 saturated heterocycles. The molecule has 2 aliphatic heterocycles. The Hall–Kier alpha value is -4.69. The van der Waals surface area contributed by atoms with E-state index in [0.717, 1.165) is 43.1 Å². The quantitative estimate of drug-likeness (QED) is 0.235. The number of nitrogens with zero attached hydrogens (tertiary/aromatic N) is 5. The van der Waals surface area contributed by atoms with E-state index in [9.17, 15) is 18.7 Å². The topological polar surface area (TPSA) is 104 Å². The number of aromatic nitrogens is 3. The lowest BCUT2D eigenvalue weighted by Gasteiger charge is -2.34. The van der Waals surface area contributed by atoms with Gasteiger partial charge >= 0.3 is 5.97 Å². The predicted molar refractivity (Wildman–Crippen MR) is 159 cm³/mol. The number of benzene rings is 2. The van der Waals surface area contributed by atoms with Gasteiger partial charge in [-0.15, -0.1) is 0 Å². The molecule has 4 aromatic rings. The number of para-hydroxylation sites is 1. The van der Waals surface area contributed by atoms with E-state index in [1.54, 1.807) is 18.2 Å². The summed E-state index contributed by atoms with van der Waals surface area (Å²) in [6, 6.07) is 14.4. The number of carboxylic acid groups (broad SMARTS) is 1. The lowest BCUT2D eigenvalue weighted by Crippen LogP contribution is -2.34. The summed E-state index contributed by atoms with van der Waals surface area (Å²) in [7, 11) is 0. The minimum absolute atomic E-state index is 0.0773. The molecule has 45 heavy (non-hydrogen) atoms. The zero-order valence-corrected chi connectivity index (χ0v) is 24.3. The van der Waals surface area contributed by atoms with Crippen LogP contribution >= 0.6 is 0 Å². The van der Waals surface area contributed by atoms with Crippen LogP contribution in [0.15, 0.2) is 54.6 Å². The molecule has 8 nitrogen and oxygen atoms in total. The van der Waals surface area contributed by atoms with Crippen molar-refractivity contribution in [3.63, 3.8) is 0 Å². The van der Waals surface area contributed by atoms with E-state index in [4.69, 9.17) is 15.0 Å². The third-order valence-electron chi connectivity index (χ3n) is 9.30. The molecule has 0 unspecified atom stereocenters. The van der Waals surface area contributed by atoms with Crippen molar-refractivity contribution in [1.82, 2.24) is 19.4 Å². The van der Waals surface area contributed by atoms with Crippen LogP contribution in [0.2, 0.25) is 0 Å². The Balaban J connectivity index is 1.10. The summed E-state index contributed by atoms with van der Waals surface area (Å²) in [5.41, 5.74) is 2.04. The number of pyridine rings is 1. The zero-order chi connectivity index (χ0) is 31.3. The fourth-order valence-electron chi connectivity index (χ4n) is 6.46. The number of ether oxygens (including phenoxy) is 1. The summed E-state index contributed by atoms with van der Waals surface area (Å²) in [6.45, 7) is 1.87. The highest BCUT2D eigenvalue weighted by atomic mass is 19.1. The zero-order valence-electron chi connectivity index (χ0n) is 24.3. The maximum atomic E-state index is 15.3. The Morgan fingerprint density at radius 3 is 2.58 bits per heavy atom. The maximum absolute atomic E-state index is 15.3. The number of hydrogen-bond donors (Lipinski definition) is 1. The Morgan fingerprint density at radius 1 is 1.09 bits per heavy atom. The molecule has 0 radical (unpaired) electrons. The van der Waals surface area contributed by atoms with E-state index in [1.165, 1.54) is 24.3 Å². The van der Waals surface area contributed by atoms with E-state index < -0.39 is 35.8 Å². The monoisotopic (exact) mass is 613 g/mol. The van der Waals surface area contributed by atoms with Gasteiger partial charge in [-0.25, -0.2) is 23.5 Å². The lowest BCUT2D eigenvalue weighted by molar-refractivity contribution is 0.0690. The molecular weight excluding hydrogens is 583 g/mol. The highest BCUT2D eigenvalue weighted by Gasteiger charge is 2.44. The normalized spacial score (nSPS) is 19.4. The number of likely N-dealkylation sites (tertiary alicyclic amines) is 1. The number of carboxylic acids is 1. The molecule has 2 aromatic heterocycles. The summed E-state index contributed by atoms with van der Waals surface area (Å²) >= 11 is 0. The van der Waals surface area contributed by atoms with Crippen molar-refractivity contribution in [2.75, 3.05) is 19.8 Å². The summed E-state index contributed by atoms with van der Waals surface area (Å²) < 4.78 is 52.2. The van der Waals surface area contributed by atoms with Gasteiger partial charge in [0, 0.05) is 17.5 Å². The minimum Gasteiger partial charge on any atom is -0.480 e. The lowest BCUT2D eigenvalue weighted by atomic mass is 9.86. The molecule has 1 saturated carbocycles. The van der Waals surface area contributed by atoms with Gasteiger partial charge in [-0.1, -0.05) is 18.2 Å². The second kappa shape index (κ2) is 11.3. The average molecular weight is 614 g/mol. The van der Waals surface area contributed by atoms with Gasteiger partial charge in [0.15, 0.2) is 11.3 Å². The van der Waals surface area contributed by atoms with Crippen LogP contribution in [-0.4, -0.2) is 50.3 Å². The van der Waals surface area contributed by atoms with Gasteiger partial charge in [-0.05, 0) is 86.7 Å². The van der Waals surface area contributed by atoms with Gasteiger partial charge in [-0.2, -0.15) is 5.26 Å². The maximum Gasteiger partial charge on any atom is 0.354 e. The second-order valence-corrected chi connectivity index (χ2v) is 12.3. The van der Waals surface area contributed by atoms with Crippen LogP contribution in [0, 0.1) is 22.6 Å². The third-order valence-corrected chi connectivity index (χ3v) is 9.30. The van der Waals surface area contributed by atoms with E-state index >= 15 is 4.39 Å². The first-order valence-electron chi connectivity index (χ1n) is 15.0. The molecule has 2 aromatic carbocycles. The summed E-state index contributed by atoms with van der Waals surface area (Å²) in [4.78, 5) is 23.0. The van der Waals surface area contributed by atoms with E-state index in [-0.39, 0.29) is 22.7 Å². The molecule has 2 fully saturated rings. The molecule has 11 heteroatoms. The smallest absolute Gasteiger partial charge is 0.354 e. The molecule has 7 rings (SSSR count). The number of halogens is 3. The number of nitriles is 1. The highest BCUT2D eigenvalue weighted by molar-refractivity contribution is 5.88. The average Bonchev–Trinajstić information content (AvgIpc) is 3.75. The largest absolute Gasteiger partial charge is 0.480 e. The third kappa shape index (κ3) is 5.44. The number of aromatic carboxylic acids is 1. The van der Waals surface area contributed by atoms with Gasteiger partial charge in [0.2, 0.25) is 0 Å². The Kier molecular flexibility index (Phi) is 7.32. The van der Waals surface area contributed by atoms with E-state index in [1.807, 2.05) is 16.7 Å². The molecular formula is C34H30F3N5O3. The number of piperidine rings is 1. The van der Waals surface area contributed by atoms with Crippen molar-refractivity contribution >= 4 is 23.0 Å². The molecule has 0 spiro atoms. The number of fused-ring (bicyclic) bond motifs is 2. The van der Waals surface area contributed by atoms with Gasteiger partial charge in [0.05, 0.1) is 30.4 Å². The van der Waals surface area contributed by atoms with Crippen molar-refractivity contribution < 1.29 is 27.8 Å². The number of rotatable bonds is 8. The second-order valence-electron chi connectivity index (χ2n) is 12.3. The molecule has 0 amide bonds.